The molecule has 2 heterocycles. The number of halogens is 1. The van der Waals surface area contributed by atoms with Crippen LogP contribution in [0, 0.1) is 19.7 Å². The lowest BCUT2D eigenvalue weighted by molar-refractivity contribution is -0.139. The average Bonchev–Trinajstić information content (AvgIpc) is 3.73. The molecule has 0 fully saturated rings. The van der Waals surface area contributed by atoms with E-state index in [4.69, 9.17) is 18.9 Å². The first kappa shape index (κ1) is 45.7. The van der Waals surface area contributed by atoms with Crippen molar-refractivity contribution in [2.45, 2.75) is 53.4 Å². The van der Waals surface area contributed by atoms with Crippen molar-refractivity contribution in [3.05, 3.63) is 150 Å². The molecular formula is C53H46FN5O7S. The van der Waals surface area contributed by atoms with Crippen molar-refractivity contribution < 1.29 is 37.7 Å². The molecule has 8 rings (SSSR count). The summed E-state index contributed by atoms with van der Waals surface area (Å²) in [6, 6.07) is 32.2. The van der Waals surface area contributed by atoms with Gasteiger partial charge in [0.25, 0.3) is 0 Å². The van der Waals surface area contributed by atoms with Gasteiger partial charge in [-0.3, -0.25) is 10.2 Å². The zero-order valence-corrected chi connectivity index (χ0v) is 38.2. The van der Waals surface area contributed by atoms with E-state index in [1.54, 1.807) is 55.5 Å². The number of aromatic nitrogens is 3. The lowest BCUT2D eigenvalue weighted by atomic mass is 9.97. The number of carbonyl (C=O) groups excluding carboxylic acids is 3. The number of aryl methyl sites for hydroxylation is 2. The van der Waals surface area contributed by atoms with Gasteiger partial charge < -0.3 is 18.9 Å². The fourth-order valence-electron chi connectivity index (χ4n) is 7.27. The van der Waals surface area contributed by atoms with Gasteiger partial charge in [-0.15, -0.1) is 0 Å². The highest BCUT2D eigenvalue weighted by Gasteiger charge is 2.15. The molecule has 0 spiro atoms. The third kappa shape index (κ3) is 11.2. The number of nitrogens with zero attached hydrogens (tertiary/aromatic N) is 4. The second kappa shape index (κ2) is 20.6. The number of fused-ring (bicyclic) bond motifs is 3. The van der Waals surface area contributed by atoms with Crippen LogP contribution in [-0.4, -0.2) is 52.3 Å². The number of ether oxygens (including phenoxy) is 4. The van der Waals surface area contributed by atoms with E-state index in [0.717, 1.165) is 38.4 Å². The lowest BCUT2D eigenvalue weighted by Crippen LogP contribution is -2.08. The minimum Gasteiger partial charge on any atom is -0.494 e. The fraction of sp³-hybridized carbons (Fsp3) is 0.189. The Hall–Kier alpha value is -7.84. The Morgan fingerprint density at radius 3 is 2.24 bits per heavy atom. The zero-order valence-electron chi connectivity index (χ0n) is 37.4. The summed E-state index contributed by atoms with van der Waals surface area (Å²) in [4.78, 5) is 50.6. The molecular weight excluding hydrogens is 870 g/mol. The summed E-state index contributed by atoms with van der Waals surface area (Å²) in [5, 5.41) is 8.33. The molecule has 67 heavy (non-hydrogen) atoms. The molecule has 0 radical (unpaired) electrons. The first-order valence-corrected chi connectivity index (χ1v) is 22.5. The Kier molecular flexibility index (Phi) is 14.0. The Bertz CT molecular complexity index is 3240. The minimum absolute atomic E-state index is 0.256. The number of thiazole rings is 1. The first-order valence-electron chi connectivity index (χ1n) is 21.7. The highest BCUT2D eigenvalue weighted by atomic mass is 32.1. The summed E-state index contributed by atoms with van der Waals surface area (Å²) in [6.45, 7) is 11.6. The maximum Gasteiger partial charge on any atom is 0.343 e. The summed E-state index contributed by atoms with van der Waals surface area (Å²) >= 11 is 1.38. The molecule has 0 saturated carbocycles. The van der Waals surface area contributed by atoms with Crippen LogP contribution in [0.3, 0.4) is 0 Å². The number of unbranched alkanes of at least 4 members (excludes halogenated alkanes) is 1. The van der Waals surface area contributed by atoms with E-state index >= 15 is 4.39 Å². The van der Waals surface area contributed by atoms with Crippen LogP contribution in [0.1, 0.15) is 67.0 Å². The number of anilines is 1. The summed E-state index contributed by atoms with van der Waals surface area (Å²) in [7, 11) is 0. The normalized spacial score (nSPS) is 11.3. The van der Waals surface area contributed by atoms with Gasteiger partial charge in [0.2, 0.25) is 5.13 Å². The lowest BCUT2D eigenvalue weighted by Gasteiger charge is -2.12. The monoisotopic (exact) mass is 915 g/mol. The molecule has 0 aliphatic carbocycles. The largest absolute Gasteiger partial charge is 0.494 e. The van der Waals surface area contributed by atoms with Crippen LogP contribution >= 0.6 is 11.3 Å². The van der Waals surface area contributed by atoms with E-state index in [1.807, 2.05) is 75.4 Å². The molecule has 0 bridgehead atoms. The molecule has 0 atom stereocenters. The van der Waals surface area contributed by atoms with E-state index < -0.39 is 17.8 Å². The number of benzene rings is 6. The number of hydrazone groups is 1. The first-order chi connectivity index (χ1) is 32.4. The number of esters is 3. The molecule has 0 saturated heterocycles. The Labute approximate surface area is 390 Å². The molecule has 0 aliphatic heterocycles. The predicted molar refractivity (Wildman–Crippen MR) is 261 cm³/mol. The van der Waals surface area contributed by atoms with Crippen molar-refractivity contribution in [3.8, 4) is 39.5 Å². The van der Waals surface area contributed by atoms with E-state index in [2.05, 4.69) is 32.1 Å². The van der Waals surface area contributed by atoms with Crippen molar-refractivity contribution >= 4 is 72.5 Å². The molecule has 2 aromatic heterocycles. The van der Waals surface area contributed by atoms with Gasteiger partial charge in [0.15, 0.2) is 5.65 Å². The second-order valence-corrected chi connectivity index (χ2v) is 16.9. The highest BCUT2D eigenvalue weighted by Crippen LogP contribution is 2.34. The van der Waals surface area contributed by atoms with Gasteiger partial charge in [-0.1, -0.05) is 73.4 Å². The maximum absolute atomic E-state index is 16.0. The molecule has 0 aliphatic rings. The molecule has 338 valence electrons. The van der Waals surface area contributed by atoms with Crippen molar-refractivity contribution in [2.75, 3.05) is 18.6 Å². The minimum atomic E-state index is -0.499. The van der Waals surface area contributed by atoms with Crippen LogP contribution in [0.15, 0.2) is 126 Å². The number of rotatable bonds is 17. The Morgan fingerprint density at radius 1 is 0.761 bits per heavy atom. The van der Waals surface area contributed by atoms with Crippen molar-refractivity contribution in [1.82, 2.24) is 15.0 Å². The number of hydrogen-bond acceptors (Lipinski definition) is 13. The smallest absolute Gasteiger partial charge is 0.343 e. The zero-order chi connectivity index (χ0) is 47.0. The standard InChI is InChI=1S/C53H46FN5O7S/c1-6-9-48(60)66-47-21-17-36(26-42(47)30-55-59-53-58-50-49(67-53)32(4)56-33(5)57-50)39-16-20-45(46(54)29-39)40-12-10-38-28-44(19-15-34(38)24-40)65-52(62)41-13-11-37-27-43(18-14-35(37)25-41)63-22-7-8-23-64-51(61)31(2)3/h10-21,24-30H,2,6-9,22-23H2,1,3-5H3,(H,56,57,58,59)/b55-30+. The van der Waals surface area contributed by atoms with Gasteiger partial charge in [0, 0.05) is 23.1 Å². The van der Waals surface area contributed by atoms with Crippen LogP contribution in [0.5, 0.6) is 17.2 Å². The molecule has 0 amide bonds. The third-order valence-electron chi connectivity index (χ3n) is 10.7. The molecule has 8 aromatic rings. The SMILES string of the molecule is C=C(C)C(=O)OCCCCOc1ccc2cc(C(=O)Oc3ccc4cc(-c5ccc(-c6ccc(OC(=O)CCC)c(/C=N/Nc7nc8nc(C)nc(C)c8s7)c6)cc5F)ccc4c3)ccc2c1. The van der Waals surface area contributed by atoms with Crippen LogP contribution in [0.2, 0.25) is 0 Å². The Morgan fingerprint density at radius 2 is 1.45 bits per heavy atom. The summed E-state index contributed by atoms with van der Waals surface area (Å²) in [5.74, 6) is 0.349. The second-order valence-electron chi connectivity index (χ2n) is 15.9. The van der Waals surface area contributed by atoms with Crippen LogP contribution in [0.25, 0.3) is 54.1 Å². The van der Waals surface area contributed by atoms with Gasteiger partial charge >= 0.3 is 17.9 Å². The topological polar surface area (TPSA) is 151 Å². The van der Waals surface area contributed by atoms with E-state index in [9.17, 15) is 14.4 Å². The van der Waals surface area contributed by atoms with Crippen molar-refractivity contribution in [2.24, 2.45) is 5.10 Å². The van der Waals surface area contributed by atoms with Crippen LogP contribution < -0.4 is 19.6 Å². The predicted octanol–water partition coefficient (Wildman–Crippen LogP) is 12.1. The highest BCUT2D eigenvalue weighted by molar-refractivity contribution is 7.22. The van der Waals surface area contributed by atoms with Gasteiger partial charge in [-0.2, -0.15) is 10.1 Å². The van der Waals surface area contributed by atoms with Crippen molar-refractivity contribution in [3.63, 3.8) is 0 Å². The maximum atomic E-state index is 16.0. The molecule has 6 aromatic carbocycles. The van der Waals surface area contributed by atoms with Crippen LogP contribution in [0.4, 0.5) is 9.52 Å². The summed E-state index contributed by atoms with van der Waals surface area (Å²) in [5.41, 5.74) is 8.05. The summed E-state index contributed by atoms with van der Waals surface area (Å²) in [6.07, 6.45) is 3.82. The van der Waals surface area contributed by atoms with Gasteiger partial charge in [-0.25, -0.2) is 23.9 Å². The number of carbonyl (C=O) groups is 3. The fourth-order valence-corrected chi connectivity index (χ4v) is 8.07. The molecule has 0 unspecified atom stereocenters. The third-order valence-corrected chi connectivity index (χ3v) is 11.7. The van der Waals surface area contributed by atoms with Crippen molar-refractivity contribution in [1.29, 1.82) is 0 Å². The van der Waals surface area contributed by atoms with Gasteiger partial charge in [-0.05, 0) is 139 Å². The van der Waals surface area contributed by atoms with Crippen LogP contribution in [-0.2, 0) is 14.3 Å². The number of hydrogen-bond donors (Lipinski definition) is 1. The average molecular weight is 916 g/mol. The number of nitrogens with one attached hydrogen (secondary N) is 1. The quantitative estimate of drug-likeness (QED) is 0.0232. The van der Waals surface area contributed by atoms with E-state index in [-0.39, 0.29) is 12.4 Å². The summed E-state index contributed by atoms with van der Waals surface area (Å²) < 4.78 is 39.3. The van der Waals surface area contributed by atoms with E-state index in [0.29, 0.717) is 98.9 Å². The molecule has 1 N–H and O–H groups in total. The Balaban J connectivity index is 0.922. The van der Waals surface area contributed by atoms with E-state index in [1.165, 1.54) is 23.6 Å². The molecule has 12 nitrogen and oxygen atoms in total. The van der Waals surface area contributed by atoms with Gasteiger partial charge in [0.1, 0.15) is 28.9 Å². The molecule has 14 heteroatoms. The van der Waals surface area contributed by atoms with Gasteiger partial charge in [0.05, 0.1) is 35.4 Å².